The lowest BCUT2D eigenvalue weighted by atomic mass is 10.0. The van der Waals surface area contributed by atoms with E-state index in [0.717, 1.165) is 0 Å². The van der Waals surface area contributed by atoms with Crippen molar-refractivity contribution in [3.63, 3.8) is 0 Å². The Kier molecular flexibility index (Phi) is 3.98. The van der Waals surface area contributed by atoms with Gasteiger partial charge in [-0.1, -0.05) is 34.8 Å². The van der Waals surface area contributed by atoms with Crippen LogP contribution in [0.4, 0.5) is 0 Å². The van der Waals surface area contributed by atoms with Gasteiger partial charge in [0.1, 0.15) is 5.54 Å². The predicted molar refractivity (Wildman–Crippen MR) is 73.3 cm³/mol. The number of carboxylic acids is 1. The van der Waals surface area contributed by atoms with Crippen molar-refractivity contribution < 1.29 is 18.3 Å². The summed E-state index contributed by atoms with van der Waals surface area (Å²) in [5.74, 6) is -1.11. The van der Waals surface area contributed by atoms with E-state index in [1.54, 1.807) is 12.1 Å². The molecule has 1 aliphatic carbocycles. The van der Waals surface area contributed by atoms with E-state index < -0.39 is 21.5 Å². The molecule has 104 valence electrons. The van der Waals surface area contributed by atoms with Gasteiger partial charge in [0.25, 0.3) is 0 Å². The highest BCUT2D eigenvalue weighted by atomic mass is 79.9. The Morgan fingerprint density at radius 2 is 1.95 bits per heavy atom. The van der Waals surface area contributed by atoms with Gasteiger partial charge in [-0.3, -0.25) is 4.79 Å². The predicted octanol–water partition coefficient (Wildman–Crippen LogP) is 2.12. The first-order valence-corrected chi connectivity index (χ1v) is 8.16. The van der Waals surface area contributed by atoms with Gasteiger partial charge < -0.3 is 5.11 Å². The summed E-state index contributed by atoms with van der Waals surface area (Å²) < 4.78 is 27.5. The zero-order chi connectivity index (χ0) is 14.1. The van der Waals surface area contributed by atoms with Crippen LogP contribution in [-0.4, -0.2) is 25.0 Å². The third-order valence-electron chi connectivity index (χ3n) is 3.30. The minimum atomic E-state index is -3.83. The Balaban J connectivity index is 2.33. The molecule has 0 saturated heterocycles. The summed E-state index contributed by atoms with van der Waals surface area (Å²) in [6.07, 6.45) is 2.09. The molecule has 0 aromatic heterocycles. The molecule has 0 radical (unpaired) electrons. The molecule has 0 aliphatic heterocycles. The van der Waals surface area contributed by atoms with Crippen molar-refractivity contribution in [1.29, 1.82) is 0 Å². The highest BCUT2D eigenvalue weighted by molar-refractivity contribution is 9.10. The standard InChI is InChI=1S/C12H14BrNO4S/c13-9-4-3-5-10(8-9)19(17,18)14-12(11(15)16)6-1-2-7-12/h3-5,8,14H,1-2,6-7H2,(H,15,16). The van der Waals surface area contributed by atoms with Gasteiger partial charge in [0, 0.05) is 4.47 Å². The van der Waals surface area contributed by atoms with E-state index in [2.05, 4.69) is 20.7 Å². The van der Waals surface area contributed by atoms with Crippen LogP contribution >= 0.6 is 15.9 Å². The number of hydrogen-bond donors (Lipinski definition) is 2. The van der Waals surface area contributed by atoms with Crippen molar-refractivity contribution in [2.75, 3.05) is 0 Å². The van der Waals surface area contributed by atoms with Crippen molar-refractivity contribution in [3.8, 4) is 0 Å². The van der Waals surface area contributed by atoms with Crippen molar-refractivity contribution in [1.82, 2.24) is 4.72 Å². The second-order valence-corrected chi connectivity index (χ2v) is 7.26. The maximum absolute atomic E-state index is 12.3. The molecule has 5 nitrogen and oxygen atoms in total. The number of aliphatic carboxylic acids is 1. The van der Waals surface area contributed by atoms with E-state index >= 15 is 0 Å². The largest absolute Gasteiger partial charge is 0.480 e. The number of carboxylic acid groups (broad SMARTS) is 1. The Hall–Kier alpha value is -0.920. The van der Waals surface area contributed by atoms with Gasteiger partial charge in [0.15, 0.2) is 0 Å². The first-order valence-electron chi connectivity index (χ1n) is 5.89. The van der Waals surface area contributed by atoms with Crippen LogP contribution < -0.4 is 4.72 Å². The summed E-state index contributed by atoms with van der Waals surface area (Å²) >= 11 is 3.20. The molecular formula is C12H14BrNO4S. The molecule has 1 aromatic carbocycles. The highest BCUT2D eigenvalue weighted by Crippen LogP contribution is 2.31. The van der Waals surface area contributed by atoms with Crippen LogP contribution in [0.15, 0.2) is 33.6 Å². The molecule has 0 unspecified atom stereocenters. The highest BCUT2D eigenvalue weighted by Gasteiger charge is 2.44. The summed E-state index contributed by atoms with van der Waals surface area (Å²) in [5, 5.41) is 9.29. The van der Waals surface area contributed by atoms with Gasteiger partial charge in [0.2, 0.25) is 10.0 Å². The van der Waals surface area contributed by atoms with Gasteiger partial charge >= 0.3 is 5.97 Å². The third kappa shape index (κ3) is 2.98. The van der Waals surface area contributed by atoms with E-state index in [1.165, 1.54) is 12.1 Å². The van der Waals surface area contributed by atoms with E-state index in [0.29, 0.717) is 30.2 Å². The molecule has 2 rings (SSSR count). The summed E-state index contributed by atoms with van der Waals surface area (Å²) in [6.45, 7) is 0. The Morgan fingerprint density at radius 3 is 2.47 bits per heavy atom. The molecule has 19 heavy (non-hydrogen) atoms. The van der Waals surface area contributed by atoms with Crippen LogP contribution in [0.2, 0.25) is 0 Å². The molecule has 0 amide bonds. The molecule has 1 aliphatic rings. The average molecular weight is 348 g/mol. The first kappa shape index (κ1) is 14.5. The zero-order valence-electron chi connectivity index (χ0n) is 10.1. The molecule has 1 fully saturated rings. The Morgan fingerprint density at radius 1 is 1.32 bits per heavy atom. The third-order valence-corrected chi connectivity index (χ3v) is 5.33. The minimum absolute atomic E-state index is 0.0643. The monoisotopic (exact) mass is 347 g/mol. The van der Waals surface area contributed by atoms with E-state index in [-0.39, 0.29) is 4.90 Å². The molecule has 2 N–H and O–H groups in total. The summed E-state index contributed by atoms with van der Waals surface area (Å²) in [5.41, 5.74) is -1.36. The van der Waals surface area contributed by atoms with E-state index in [1.807, 2.05) is 0 Å². The number of rotatable bonds is 4. The summed E-state index contributed by atoms with van der Waals surface area (Å²) in [7, 11) is -3.83. The number of hydrogen-bond acceptors (Lipinski definition) is 3. The smallest absolute Gasteiger partial charge is 0.324 e. The lowest BCUT2D eigenvalue weighted by Gasteiger charge is -2.25. The van der Waals surface area contributed by atoms with E-state index in [9.17, 15) is 18.3 Å². The molecular weight excluding hydrogens is 334 g/mol. The van der Waals surface area contributed by atoms with Crippen LogP contribution in [0.25, 0.3) is 0 Å². The number of sulfonamides is 1. The minimum Gasteiger partial charge on any atom is -0.480 e. The molecule has 0 spiro atoms. The first-order chi connectivity index (χ1) is 8.86. The molecule has 0 atom stereocenters. The Labute approximate surface area is 120 Å². The molecule has 1 aromatic rings. The van der Waals surface area contributed by atoms with Crippen LogP contribution in [-0.2, 0) is 14.8 Å². The number of nitrogens with one attached hydrogen (secondary N) is 1. The maximum atomic E-state index is 12.3. The fraction of sp³-hybridized carbons (Fsp3) is 0.417. The van der Waals surface area contributed by atoms with Gasteiger partial charge in [-0.25, -0.2) is 8.42 Å². The van der Waals surface area contributed by atoms with Crippen molar-refractivity contribution in [2.45, 2.75) is 36.1 Å². The number of carbonyl (C=O) groups is 1. The van der Waals surface area contributed by atoms with Crippen LogP contribution in [0.3, 0.4) is 0 Å². The van der Waals surface area contributed by atoms with Gasteiger partial charge in [0.05, 0.1) is 4.90 Å². The molecule has 7 heteroatoms. The maximum Gasteiger partial charge on any atom is 0.324 e. The lowest BCUT2D eigenvalue weighted by molar-refractivity contribution is -0.143. The molecule has 0 heterocycles. The lowest BCUT2D eigenvalue weighted by Crippen LogP contribution is -2.52. The fourth-order valence-corrected chi connectivity index (χ4v) is 4.30. The van der Waals surface area contributed by atoms with Gasteiger partial charge in [-0.05, 0) is 31.0 Å². The van der Waals surface area contributed by atoms with Crippen LogP contribution in [0.1, 0.15) is 25.7 Å². The van der Waals surface area contributed by atoms with Gasteiger partial charge in [-0.15, -0.1) is 0 Å². The fourth-order valence-electron chi connectivity index (χ4n) is 2.29. The number of benzene rings is 1. The normalized spacial score (nSPS) is 18.4. The summed E-state index contributed by atoms with van der Waals surface area (Å²) in [4.78, 5) is 11.4. The van der Waals surface area contributed by atoms with Crippen LogP contribution in [0, 0.1) is 0 Å². The van der Waals surface area contributed by atoms with E-state index in [4.69, 9.17) is 0 Å². The second kappa shape index (κ2) is 5.22. The van der Waals surface area contributed by atoms with Crippen molar-refractivity contribution in [2.24, 2.45) is 0 Å². The van der Waals surface area contributed by atoms with Crippen molar-refractivity contribution in [3.05, 3.63) is 28.7 Å². The second-order valence-electron chi connectivity index (χ2n) is 4.66. The molecule has 1 saturated carbocycles. The SMILES string of the molecule is O=C(O)C1(NS(=O)(=O)c2cccc(Br)c2)CCCC1. The zero-order valence-corrected chi connectivity index (χ0v) is 12.5. The topological polar surface area (TPSA) is 83.5 Å². The van der Waals surface area contributed by atoms with Crippen LogP contribution in [0.5, 0.6) is 0 Å². The average Bonchev–Trinajstić information content (AvgIpc) is 2.78. The summed E-state index contributed by atoms with van der Waals surface area (Å²) in [6, 6.07) is 6.20. The van der Waals surface area contributed by atoms with Crippen molar-refractivity contribution >= 4 is 31.9 Å². The Bertz CT molecular complexity index is 594. The van der Waals surface area contributed by atoms with Gasteiger partial charge in [-0.2, -0.15) is 4.72 Å². The number of halogens is 1. The quantitative estimate of drug-likeness (QED) is 0.873. The molecule has 0 bridgehead atoms.